The van der Waals surface area contributed by atoms with Crippen LogP contribution >= 0.6 is 23.2 Å². The highest BCUT2D eigenvalue weighted by molar-refractivity contribution is 6.37. The molecular formula is C31H25Cl2N3O5. The third-order valence-electron chi connectivity index (χ3n) is 5.70. The summed E-state index contributed by atoms with van der Waals surface area (Å²) in [6.07, 6.45) is 1.42. The molecule has 0 fully saturated rings. The van der Waals surface area contributed by atoms with E-state index in [9.17, 15) is 14.4 Å². The third-order valence-corrected chi connectivity index (χ3v) is 6.25. The van der Waals surface area contributed by atoms with Crippen LogP contribution in [0, 0.1) is 6.92 Å². The van der Waals surface area contributed by atoms with Crippen LogP contribution in [-0.4, -0.2) is 30.6 Å². The number of esters is 1. The highest BCUT2D eigenvalue weighted by Gasteiger charge is 2.16. The van der Waals surface area contributed by atoms with Gasteiger partial charge in [-0.2, -0.15) is 5.10 Å². The number of carbonyl (C=O) groups is 3. The van der Waals surface area contributed by atoms with E-state index in [1.54, 1.807) is 66.7 Å². The first-order chi connectivity index (χ1) is 19.7. The number of halogens is 2. The molecule has 0 saturated heterocycles. The van der Waals surface area contributed by atoms with Crippen molar-refractivity contribution in [1.29, 1.82) is 0 Å². The zero-order valence-corrected chi connectivity index (χ0v) is 23.6. The number of rotatable bonds is 9. The number of nitrogens with one attached hydrogen (secondary N) is 2. The van der Waals surface area contributed by atoms with E-state index in [0.717, 1.165) is 5.56 Å². The van der Waals surface area contributed by atoms with Crippen molar-refractivity contribution in [3.63, 3.8) is 0 Å². The van der Waals surface area contributed by atoms with Gasteiger partial charge in [-0.15, -0.1) is 0 Å². The second-order valence-electron chi connectivity index (χ2n) is 8.72. The van der Waals surface area contributed by atoms with Gasteiger partial charge in [0.05, 0.1) is 40.2 Å². The first-order valence-corrected chi connectivity index (χ1v) is 13.2. The molecule has 2 N–H and O–H groups in total. The van der Waals surface area contributed by atoms with Crippen LogP contribution < -0.4 is 20.2 Å². The zero-order chi connectivity index (χ0) is 29.4. The van der Waals surface area contributed by atoms with Crippen LogP contribution in [0.1, 0.15) is 49.1 Å². The number of benzene rings is 4. The number of amides is 2. The summed E-state index contributed by atoms with van der Waals surface area (Å²) in [4.78, 5) is 38.2. The predicted molar refractivity (Wildman–Crippen MR) is 160 cm³/mol. The fraction of sp³-hybridized carbons (Fsp3) is 0.0968. The highest BCUT2D eigenvalue weighted by Crippen LogP contribution is 2.29. The molecule has 0 bridgehead atoms. The van der Waals surface area contributed by atoms with Crippen LogP contribution in [0.2, 0.25) is 10.0 Å². The molecule has 4 rings (SSSR count). The third kappa shape index (κ3) is 7.72. The predicted octanol–water partition coefficient (Wildman–Crippen LogP) is 6.94. The Balaban J connectivity index is 1.45. The molecule has 0 aliphatic carbocycles. The minimum atomic E-state index is -0.548. The van der Waals surface area contributed by atoms with Crippen molar-refractivity contribution >= 4 is 52.9 Å². The van der Waals surface area contributed by atoms with E-state index in [0.29, 0.717) is 28.5 Å². The Morgan fingerprint density at radius 1 is 0.854 bits per heavy atom. The summed E-state index contributed by atoms with van der Waals surface area (Å²) in [6.45, 7) is 4.04. The lowest BCUT2D eigenvalue weighted by atomic mass is 10.1. The Labute approximate surface area is 246 Å². The van der Waals surface area contributed by atoms with Crippen LogP contribution in [0.25, 0.3) is 0 Å². The van der Waals surface area contributed by atoms with Crippen molar-refractivity contribution in [1.82, 2.24) is 5.43 Å². The maximum absolute atomic E-state index is 12.9. The normalized spacial score (nSPS) is 10.7. The van der Waals surface area contributed by atoms with Crippen molar-refractivity contribution in [2.45, 2.75) is 13.8 Å². The summed E-state index contributed by atoms with van der Waals surface area (Å²) in [6, 6.07) is 23.0. The standard InChI is InChI=1S/C31H25Cl2N3O5/c1-3-40-28-16-20(11-14-27(28)41-31(39)21-8-6-7-19(2)15-21)18-34-36-30(38)24-9-4-5-10-26(24)35-29(37)23-13-12-22(32)17-25(23)33/h4-18H,3H2,1-2H3,(H,35,37)(H,36,38)/b34-18-. The van der Waals surface area contributed by atoms with E-state index in [-0.39, 0.29) is 27.6 Å². The minimum absolute atomic E-state index is 0.184. The molecule has 0 saturated carbocycles. The quantitative estimate of drug-likeness (QED) is 0.0952. The van der Waals surface area contributed by atoms with Gasteiger partial charge in [0, 0.05) is 5.02 Å². The highest BCUT2D eigenvalue weighted by atomic mass is 35.5. The molecule has 0 atom stereocenters. The summed E-state index contributed by atoms with van der Waals surface area (Å²) in [7, 11) is 0. The lowest BCUT2D eigenvalue weighted by Crippen LogP contribution is -2.21. The second kappa shape index (κ2) is 13.6. The smallest absolute Gasteiger partial charge is 0.343 e. The number of aryl methyl sites for hydroxylation is 1. The van der Waals surface area contributed by atoms with E-state index in [4.69, 9.17) is 32.7 Å². The van der Waals surface area contributed by atoms with Crippen molar-refractivity contribution in [2.24, 2.45) is 5.10 Å². The molecule has 208 valence electrons. The molecule has 0 aromatic heterocycles. The van der Waals surface area contributed by atoms with E-state index in [2.05, 4.69) is 15.8 Å². The Bertz CT molecular complexity index is 1640. The first kappa shape index (κ1) is 29.3. The van der Waals surface area contributed by atoms with Crippen molar-refractivity contribution in [3.8, 4) is 11.5 Å². The Morgan fingerprint density at radius 3 is 2.41 bits per heavy atom. The lowest BCUT2D eigenvalue weighted by Gasteiger charge is -2.12. The Kier molecular flexibility index (Phi) is 9.73. The number of ether oxygens (including phenoxy) is 2. The lowest BCUT2D eigenvalue weighted by molar-refractivity contribution is 0.0727. The Hall–Kier alpha value is -4.66. The van der Waals surface area contributed by atoms with Crippen LogP contribution in [0.3, 0.4) is 0 Å². The summed E-state index contributed by atoms with van der Waals surface area (Å²) in [5.74, 6) is -0.953. The fourth-order valence-electron chi connectivity index (χ4n) is 3.77. The van der Waals surface area contributed by atoms with Gasteiger partial charge in [0.15, 0.2) is 11.5 Å². The molecule has 41 heavy (non-hydrogen) atoms. The molecule has 10 heteroatoms. The van der Waals surface area contributed by atoms with Crippen LogP contribution in [0.4, 0.5) is 5.69 Å². The monoisotopic (exact) mass is 589 g/mol. The number of carbonyl (C=O) groups excluding carboxylic acids is 3. The number of para-hydroxylation sites is 1. The second-order valence-corrected chi connectivity index (χ2v) is 9.56. The van der Waals surface area contributed by atoms with Gasteiger partial charge in [0.1, 0.15) is 0 Å². The van der Waals surface area contributed by atoms with Crippen LogP contribution in [0.5, 0.6) is 11.5 Å². The fourth-order valence-corrected chi connectivity index (χ4v) is 4.26. The van der Waals surface area contributed by atoms with Gasteiger partial charge in [0.2, 0.25) is 0 Å². The summed E-state index contributed by atoms with van der Waals surface area (Å²) < 4.78 is 11.2. The maximum Gasteiger partial charge on any atom is 0.343 e. The average molecular weight is 590 g/mol. The van der Waals surface area contributed by atoms with E-state index in [1.165, 1.54) is 18.3 Å². The number of hydrazone groups is 1. The van der Waals surface area contributed by atoms with E-state index in [1.807, 2.05) is 19.9 Å². The molecule has 0 heterocycles. The molecule has 0 aliphatic heterocycles. The summed E-state index contributed by atoms with van der Waals surface area (Å²) >= 11 is 12.1. The van der Waals surface area contributed by atoms with Gasteiger partial charge in [-0.05, 0) is 80.1 Å². The minimum Gasteiger partial charge on any atom is -0.490 e. The molecule has 8 nitrogen and oxygen atoms in total. The van der Waals surface area contributed by atoms with Gasteiger partial charge in [-0.3, -0.25) is 9.59 Å². The van der Waals surface area contributed by atoms with Gasteiger partial charge in [-0.25, -0.2) is 10.2 Å². The topological polar surface area (TPSA) is 106 Å². The van der Waals surface area contributed by atoms with Crippen molar-refractivity contribution < 1.29 is 23.9 Å². The zero-order valence-electron chi connectivity index (χ0n) is 22.1. The molecule has 0 aliphatic rings. The molecule has 2 amide bonds. The Morgan fingerprint density at radius 2 is 1.66 bits per heavy atom. The summed E-state index contributed by atoms with van der Waals surface area (Å²) in [5, 5.41) is 7.31. The van der Waals surface area contributed by atoms with Crippen LogP contribution in [-0.2, 0) is 0 Å². The largest absolute Gasteiger partial charge is 0.490 e. The SMILES string of the molecule is CCOc1cc(/C=N\NC(=O)c2ccccc2NC(=O)c2ccc(Cl)cc2Cl)ccc1OC(=O)c1cccc(C)c1. The van der Waals surface area contributed by atoms with Gasteiger partial charge < -0.3 is 14.8 Å². The first-order valence-electron chi connectivity index (χ1n) is 12.5. The number of nitrogens with zero attached hydrogens (tertiary/aromatic N) is 1. The number of hydrogen-bond donors (Lipinski definition) is 2. The van der Waals surface area contributed by atoms with Crippen LogP contribution in [0.15, 0.2) is 90.0 Å². The number of anilines is 1. The molecule has 0 spiro atoms. The van der Waals surface area contributed by atoms with Gasteiger partial charge in [-0.1, -0.05) is 53.0 Å². The van der Waals surface area contributed by atoms with Crippen molar-refractivity contribution in [2.75, 3.05) is 11.9 Å². The molecule has 0 unspecified atom stereocenters. The molecular weight excluding hydrogens is 565 g/mol. The van der Waals surface area contributed by atoms with Gasteiger partial charge in [0.25, 0.3) is 11.8 Å². The molecule has 4 aromatic rings. The van der Waals surface area contributed by atoms with Crippen molar-refractivity contribution in [3.05, 3.63) is 123 Å². The van der Waals surface area contributed by atoms with E-state index >= 15 is 0 Å². The van der Waals surface area contributed by atoms with Gasteiger partial charge >= 0.3 is 5.97 Å². The molecule has 4 aromatic carbocycles. The number of hydrogen-bond acceptors (Lipinski definition) is 6. The maximum atomic E-state index is 12.9. The molecule has 0 radical (unpaired) electrons. The van der Waals surface area contributed by atoms with E-state index < -0.39 is 17.8 Å². The average Bonchev–Trinajstić information content (AvgIpc) is 2.94. The summed E-state index contributed by atoms with van der Waals surface area (Å²) in [5.41, 5.74) is 5.08.